The summed E-state index contributed by atoms with van der Waals surface area (Å²) in [6.07, 6.45) is -5.09. The van der Waals surface area contributed by atoms with E-state index in [4.69, 9.17) is 14.2 Å². The minimum absolute atomic E-state index is 0.00465. The first-order valence-corrected chi connectivity index (χ1v) is 7.39. The van der Waals surface area contributed by atoms with Crippen molar-refractivity contribution in [3.05, 3.63) is 35.9 Å². The Morgan fingerprint density at radius 1 is 1.30 bits per heavy atom. The van der Waals surface area contributed by atoms with Crippen LogP contribution in [0.15, 0.2) is 30.3 Å². The third-order valence-electron chi connectivity index (χ3n) is 3.57. The molecule has 130 valence electrons. The van der Waals surface area contributed by atoms with E-state index in [2.05, 4.69) is 0 Å². The third kappa shape index (κ3) is 4.92. The summed E-state index contributed by atoms with van der Waals surface area (Å²) >= 11 is 0. The van der Waals surface area contributed by atoms with Crippen LogP contribution < -0.4 is 0 Å². The molecular formula is C16H22F2O5. The van der Waals surface area contributed by atoms with Crippen molar-refractivity contribution < 1.29 is 33.2 Å². The van der Waals surface area contributed by atoms with Crippen LogP contribution in [0.2, 0.25) is 0 Å². The number of aliphatic hydroxyl groups is 2. The molecule has 1 fully saturated rings. The van der Waals surface area contributed by atoms with E-state index < -0.39 is 36.6 Å². The molecule has 1 aliphatic rings. The minimum Gasteiger partial charge on any atom is -0.387 e. The van der Waals surface area contributed by atoms with E-state index in [1.807, 2.05) is 6.07 Å². The van der Waals surface area contributed by atoms with Crippen LogP contribution in [0, 0.1) is 0 Å². The first-order chi connectivity index (χ1) is 10.7. The van der Waals surface area contributed by atoms with Crippen molar-refractivity contribution in [2.24, 2.45) is 0 Å². The van der Waals surface area contributed by atoms with Gasteiger partial charge in [-0.1, -0.05) is 30.3 Å². The van der Waals surface area contributed by atoms with Crippen molar-refractivity contribution in [1.29, 1.82) is 0 Å². The molecule has 2 rings (SSSR count). The molecule has 23 heavy (non-hydrogen) atoms. The summed E-state index contributed by atoms with van der Waals surface area (Å²) in [7, 11) is 0. The molecule has 0 saturated carbocycles. The van der Waals surface area contributed by atoms with Crippen molar-refractivity contribution in [2.45, 2.75) is 50.5 Å². The van der Waals surface area contributed by atoms with Gasteiger partial charge in [-0.2, -0.15) is 0 Å². The highest BCUT2D eigenvalue weighted by molar-refractivity contribution is 5.13. The quantitative estimate of drug-likeness (QED) is 0.796. The van der Waals surface area contributed by atoms with E-state index in [9.17, 15) is 19.0 Å². The molecule has 0 radical (unpaired) electrons. The zero-order valence-electron chi connectivity index (χ0n) is 13.1. The highest BCUT2D eigenvalue weighted by Gasteiger charge is 2.49. The van der Waals surface area contributed by atoms with Crippen LogP contribution in [-0.4, -0.2) is 53.4 Å². The van der Waals surface area contributed by atoms with Crippen LogP contribution in [0.4, 0.5) is 8.78 Å². The average Bonchev–Trinajstić information content (AvgIpc) is 2.87. The van der Waals surface area contributed by atoms with Crippen molar-refractivity contribution in [1.82, 2.24) is 0 Å². The van der Waals surface area contributed by atoms with E-state index >= 15 is 0 Å². The first-order valence-electron chi connectivity index (χ1n) is 7.39. The first kappa shape index (κ1) is 18.2. The van der Waals surface area contributed by atoms with Gasteiger partial charge < -0.3 is 24.4 Å². The molecule has 7 heteroatoms. The van der Waals surface area contributed by atoms with Crippen molar-refractivity contribution >= 4 is 0 Å². The summed E-state index contributed by atoms with van der Waals surface area (Å²) in [4.78, 5) is 0. The number of aliphatic hydroxyl groups excluding tert-OH is 2. The predicted molar refractivity (Wildman–Crippen MR) is 78.0 cm³/mol. The lowest BCUT2D eigenvalue weighted by Crippen LogP contribution is -2.51. The maximum atomic E-state index is 14.0. The Bertz CT molecular complexity index is 495. The maximum Gasteiger partial charge on any atom is 0.298 e. The highest BCUT2D eigenvalue weighted by Crippen LogP contribution is 2.30. The van der Waals surface area contributed by atoms with Gasteiger partial charge >= 0.3 is 0 Å². The van der Waals surface area contributed by atoms with E-state index in [1.165, 1.54) is 0 Å². The van der Waals surface area contributed by atoms with Crippen LogP contribution in [0.25, 0.3) is 0 Å². The van der Waals surface area contributed by atoms with E-state index in [0.29, 0.717) is 0 Å². The van der Waals surface area contributed by atoms with Gasteiger partial charge in [-0.3, -0.25) is 0 Å². The molecule has 0 amide bonds. The number of ether oxygens (including phenoxy) is 3. The van der Waals surface area contributed by atoms with Crippen LogP contribution in [-0.2, 0) is 20.8 Å². The van der Waals surface area contributed by atoms with Gasteiger partial charge in [-0.15, -0.1) is 0 Å². The molecular weight excluding hydrogens is 310 g/mol. The van der Waals surface area contributed by atoms with Crippen molar-refractivity contribution in [3.63, 3.8) is 0 Å². The Kier molecular flexibility index (Phi) is 5.70. The second-order valence-electron chi connectivity index (χ2n) is 6.04. The molecule has 1 saturated heterocycles. The van der Waals surface area contributed by atoms with Gasteiger partial charge in [0.1, 0.15) is 24.9 Å². The van der Waals surface area contributed by atoms with Gasteiger partial charge in [0.2, 0.25) is 0 Å². The minimum atomic E-state index is -3.61. The fraction of sp³-hybridized carbons (Fsp3) is 0.625. The molecule has 2 unspecified atom stereocenters. The van der Waals surface area contributed by atoms with Gasteiger partial charge in [0, 0.05) is 0 Å². The normalized spacial score (nSPS) is 23.7. The van der Waals surface area contributed by atoms with Crippen LogP contribution >= 0.6 is 0 Å². The maximum absolute atomic E-state index is 14.0. The Balaban J connectivity index is 1.85. The third-order valence-corrected chi connectivity index (χ3v) is 3.57. The average molecular weight is 332 g/mol. The summed E-state index contributed by atoms with van der Waals surface area (Å²) in [6.45, 7) is 2.14. The zero-order valence-corrected chi connectivity index (χ0v) is 13.1. The topological polar surface area (TPSA) is 68.2 Å². The molecule has 0 bridgehead atoms. The number of hydrogen-bond acceptors (Lipinski definition) is 5. The molecule has 0 aliphatic carbocycles. The number of benzene rings is 1. The SMILES string of the molecule is CC1(C)OC[C@H](C(O)C(O)C(F)(F)COCc2ccccc2)O1. The van der Waals surface area contributed by atoms with Crippen molar-refractivity contribution in [2.75, 3.05) is 13.2 Å². The highest BCUT2D eigenvalue weighted by atomic mass is 19.3. The van der Waals surface area contributed by atoms with Gasteiger partial charge in [0.15, 0.2) is 5.79 Å². The summed E-state index contributed by atoms with van der Waals surface area (Å²) in [5, 5.41) is 19.7. The molecule has 5 nitrogen and oxygen atoms in total. The van der Waals surface area contributed by atoms with Gasteiger partial charge in [0.05, 0.1) is 13.2 Å². The molecule has 1 aromatic rings. The molecule has 2 N–H and O–H groups in total. The lowest BCUT2D eigenvalue weighted by Gasteiger charge is -2.29. The monoisotopic (exact) mass is 332 g/mol. The molecule has 1 heterocycles. The molecule has 0 spiro atoms. The van der Waals surface area contributed by atoms with Crippen LogP contribution in [0.3, 0.4) is 0 Å². The second-order valence-corrected chi connectivity index (χ2v) is 6.04. The van der Waals surface area contributed by atoms with Crippen LogP contribution in [0.1, 0.15) is 19.4 Å². The summed E-state index contributed by atoms with van der Waals surface area (Å²) in [6, 6.07) is 8.84. The number of rotatable bonds is 7. The smallest absolute Gasteiger partial charge is 0.298 e. The lowest BCUT2D eigenvalue weighted by molar-refractivity contribution is -0.211. The van der Waals surface area contributed by atoms with Crippen molar-refractivity contribution in [3.8, 4) is 0 Å². The summed E-state index contributed by atoms with van der Waals surface area (Å²) in [5.74, 6) is -4.57. The fourth-order valence-corrected chi connectivity index (χ4v) is 2.30. The molecule has 1 aliphatic heterocycles. The lowest BCUT2D eigenvalue weighted by atomic mass is 10.0. The Labute approximate surface area is 133 Å². The van der Waals surface area contributed by atoms with E-state index in [1.54, 1.807) is 38.1 Å². The molecule has 3 atom stereocenters. The van der Waals surface area contributed by atoms with E-state index in [0.717, 1.165) is 5.56 Å². The fourth-order valence-electron chi connectivity index (χ4n) is 2.30. The summed E-state index contributed by atoms with van der Waals surface area (Å²) in [5.41, 5.74) is 0.743. The molecule has 1 aromatic carbocycles. The zero-order chi connectivity index (χ0) is 17.1. The second kappa shape index (κ2) is 7.19. The number of alkyl halides is 2. The Morgan fingerprint density at radius 2 is 1.96 bits per heavy atom. The largest absolute Gasteiger partial charge is 0.387 e. The number of halogens is 2. The standard InChI is InChI=1S/C16H22F2O5/c1-15(2)22-9-12(23-15)13(19)14(20)16(17,18)10-21-8-11-6-4-3-5-7-11/h3-7,12-14,19-20H,8-10H2,1-2H3/t12-,13?,14?/m1/s1. The Morgan fingerprint density at radius 3 is 2.52 bits per heavy atom. The number of hydrogen-bond donors (Lipinski definition) is 2. The predicted octanol–water partition coefficient (Wildman–Crippen LogP) is 1.71. The van der Waals surface area contributed by atoms with Gasteiger partial charge in [-0.05, 0) is 19.4 Å². The van der Waals surface area contributed by atoms with Crippen LogP contribution in [0.5, 0.6) is 0 Å². The summed E-state index contributed by atoms with van der Waals surface area (Å²) < 4.78 is 43.4. The Hall–Kier alpha value is -1.12. The molecule has 0 aromatic heterocycles. The van der Waals surface area contributed by atoms with Gasteiger partial charge in [0.25, 0.3) is 5.92 Å². The van der Waals surface area contributed by atoms with E-state index in [-0.39, 0.29) is 13.2 Å². The van der Waals surface area contributed by atoms with Gasteiger partial charge in [-0.25, -0.2) is 8.78 Å².